The van der Waals surface area contributed by atoms with E-state index >= 15 is 0 Å². The predicted molar refractivity (Wildman–Crippen MR) is 109 cm³/mol. The number of nitrogens with one attached hydrogen (secondary N) is 2. The van der Waals surface area contributed by atoms with Crippen molar-refractivity contribution in [1.29, 1.82) is 0 Å². The number of pyridine rings is 1. The zero-order chi connectivity index (χ0) is 23.9. The third-order valence-corrected chi connectivity index (χ3v) is 4.00. The molecule has 168 valence electrons. The van der Waals surface area contributed by atoms with Crippen molar-refractivity contribution in [3.63, 3.8) is 0 Å². The molecule has 2 aromatic heterocycles. The Kier molecular flexibility index (Phi) is 7.83. The Balaban J connectivity index is 0.000000451. The number of benzene rings is 1. The van der Waals surface area contributed by atoms with Gasteiger partial charge in [0.25, 0.3) is 11.5 Å². The van der Waals surface area contributed by atoms with Crippen LogP contribution in [0.25, 0.3) is 11.3 Å². The van der Waals surface area contributed by atoms with E-state index in [9.17, 15) is 22.8 Å². The molecule has 0 atom stereocenters. The lowest BCUT2D eigenvalue weighted by Crippen LogP contribution is -2.29. The number of carbonyl (C=O) groups is 2. The Morgan fingerprint density at radius 3 is 2.16 bits per heavy atom. The number of halogens is 3. The molecule has 2 heterocycles. The molecule has 0 saturated carbocycles. The molecule has 0 aliphatic heterocycles. The standard InChI is InChI=1S/C19H18N4O2.C2HF3O2/c1-12-7-13(2)9-14(8-12)11-21-18(24)16-10-17(22-23-19(16)25)15-3-5-20-6-4-15;3-2(4,5)1(6)7/h3-10H,11H2,1-2H3,(H,21,24)(H,23,25);(H,6,7). The molecule has 1 amide bonds. The molecule has 0 radical (unpaired) electrons. The molecule has 3 N–H and O–H groups in total. The summed E-state index contributed by atoms with van der Waals surface area (Å²) in [6.07, 6.45) is -1.83. The normalized spacial score (nSPS) is 10.7. The van der Waals surface area contributed by atoms with Gasteiger partial charge in [-0.1, -0.05) is 29.3 Å². The van der Waals surface area contributed by atoms with E-state index in [1.165, 1.54) is 6.07 Å². The number of hydrogen-bond donors (Lipinski definition) is 3. The van der Waals surface area contributed by atoms with Crippen molar-refractivity contribution in [2.24, 2.45) is 0 Å². The van der Waals surface area contributed by atoms with Crippen LogP contribution < -0.4 is 10.9 Å². The van der Waals surface area contributed by atoms with E-state index in [4.69, 9.17) is 9.90 Å². The molecule has 11 heteroatoms. The number of H-pyrrole nitrogens is 1. The van der Waals surface area contributed by atoms with Gasteiger partial charge < -0.3 is 10.4 Å². The molecule has 8 nitrogen and oxygen atoms in total. The first-order valence-corrected chi connectivity index (χ1v) is 9.13. The van der Waals surface area contributed by atoms with Crippen LogP contribution in [0.5, 0.6) is 0 Å². The summed E-state index contributed by atoms with van der Waals surface area (Å²) < 4.78 is 31.7. The smallest absolute Gasteiger partial charge is 0.475 e. The fraction of sp³-hybridized carbons (Fsp3) is 0.190. The maximum Gasteiger partial charge on any atom is 0.490 e. The monoisotopic (exact) mass is 448 g/mol. The lowest BCUT2D eigenvalue weighted by Gasteiger charge is -2.08. The van der Waals surface area contributed by atoms with Crippen LogP contribution >= 0.6 is 0 Å². The van der Waals surface area contributed by atoms with Crippen LogP contribution in [-0.2, 0) is 11.3 Å². The van der Waals surface area contributed by atoms with E-state index in [0.29, 0.717) is 12.2 Å². The molecule has 0 fully saturated rings. The minimum atomic E-state index is -5.08. The molecule has 0 aliphatic carbocycles. The van der Waals surface area contributed by atoms with Crippen LogP contribution in [0, 0.1) is 13.8 Å². The van der Waals surface area contributed by atoms with E-state index in [-0.39, 0.29) is 5.56 Å². The van der Waals surface area contributed by atoms with Crippen molar-refractivity contribution in [2.45, 2.75) is 26.6 Å². The van der Waals surface area contributed by atoms with Crippen LogP contribution in [0.2, 0.25) is 0 Å². The lowest BCUT2D eigenvalue weighted by molar-refractivity contribution is -0.192. The van der Waals surface area contributed by atoms with Gasteiger partial charge in [-0.15, -0.1) is 0 Å². The molecular formula is C21H19F3N4O4. The predicted octanol–water partition coefficient (Wildman–Crippen LogP) is 3.01. The highest BCUT2D eigenvalue weighted by atomic mass is 19.4. The quantitative estimate of drug-likeness (QED) is 0.564. The SMILES string of the molecule is Cc1cc(C)cc(CNC(=O)c2cc(-c3ccncc3)n[nH]c2=O)c1.O=C(O)C(F)(F)F. The van der Waals surface area contributed by atoms with Crippen molar-refractivity contribution in [2.75, 3.05) is 0 Å². The summed E-state index contributed by atoms with van der Waals surface area (Å²) in [5, 5.41) is 16.3. The van der Waals surface area contributed by atoms with E-state index < -0.39 is 23.6 Å². The summed E-state index contributed by atoms with van der Waals surface area (Å²) in [6.45, 7) is 4.37. The van der Waals surface area contributed by atoms with Gasteiger partial charge in [-0.2, -0.15) is 18.3 Å². The summed E-state index contributed by atoms with van der Waals surface area (Å²) >= 11 is 0. The van der Waals surface area contributed by atoms with Gasteiger partial charge in [0.1, 0.15) is 5.56 Å². The van der Waals surface area contributed by atoms with E-state index in [0.717, 1.165) is 22.3 Å². The fourth-order valence-corrected chi connectivity index (χ4v) is 2.69. The fourth-order valence-electron chi connectivity index (χ4n) is 2.69. The van der Waals surface area contributed by atoms with Crippen LogP contribution in [0.4, 0.5) is 13.2 Å². The summed E-state index contributed by atoms with van der Waals surface area (Å²) in [5.41, 5.74) is 4.05. The van der Waals surface area contributed by atoms with Gasteiger partial charge >= 0.3 is 12.1 Å². The second-order valence-electron chi connectivity index (χ2n) is 6.71. The van der Waals surface area contributed by atoms with Gasteiger partial charge in [-0.05, 0) is 37.6 Å². The minimum Gasteiger partial charge on any atom is -0.475 e. The van der Waals surface area contributed by atoms with Gasteiger partial charge in [0.2, 0.25) is 0 Å². The number of rotatable bonds is 4. The Hall–Kier alpha value is -4.02. The summed E-state index contributed by atoms with van der Waals surface area (Å²) in [6, 6.07) is 11.1. The second-order valence-corrected chi connectivity index (χ2v) is 6.71. The highest BCUT2D eigenvalue weighted by Crippen LogP contribution is 2.15. The number of aliphatic carboxylic acids is 1. The van der Waals surface area contributed by atoms with Crippen LogP contribution in [0.3, 0.4) is 0 Å². The molecule has 32 heavy (non-hydrogen) atoms. The van der Waals surface area contributed by atoms with Crippen molar-refractivity contribution in [3.8, 4) is 11.3 Å². The first kappa shape index (κ1) is 24.3. The largest absolute Gasteiger partial charge is 0.490 e. The van der Waals surface area contributed by atoms with E-state index in [2.05, 4.69) is 26.6 Å². The van der Waals surface area contributed by atoms with Gasteiger partial charge in [-0.25, -0.2) is 9.89 Å². The molecule has 3 aromatic rings. The zero-order valence-electron chi connectivity index (χ0n) is 17.0. The first-order valence-electron chi connectivity index (χ1n) is 9.13. The van der Waals surface area contributed by atoms with Gasteiger partial charge in [0.15, 0.2) is 0 Å². The average Bonchev–Trinajstić information content (AvgIpc) is 2.72. The van der Waals surface area contributed by atoms with Crippen LogP contribution in [0.1, 0.15) is 27.0 Å². The Morgan fingerprint density at radius 2 is 1.62 bits per heavy atom. The number of alkyl halides is 3. The first-order chi connectivity index (χ1) is 15.0. The number of aromatic nitrogens is 3. The number of carboxylic acid groups (broad SMARTS) is 1. The van der Waals surface area contributed by atoms with Crippen LogP contribution in [-0.4, -0.2) is 38.3 Å². The molecular weight excluding hydrogens is 429 g/mol. The Morgan fingerprint density at radius 1 is 1.06 bits per heavy atom. The number of carboxylic acids is 1. The Labute approximate surface area is 180 Å². The zero-order valence-corrected chi connectivity index (χ0v) is 17.0. The molecule has 1 aromatic carbocycles. The topological polar surface area (TPSA) is 125 Å². The summed E-state index contributed by atoms with van der Waals surface area (Å²) in [5.74, 6) is -3.19. The Bertz CT molecular complexity index is 1140. The maximum atomic E-state index is 12.4. The third-order valence-electron chi connectivity index (χ3n) is 4.00. The second kappa shape index (κ2) is 10.3. The average molecular weight is 448 g/mol. The molecule has 0 spiro atoms. The number of aryl methyl sites for hydroxylation is 2. The number of aromatic amines is 1. The van der Waals surface area contributed by atoms with E-state index in [1.54, 1.807) is 24.5 Å². The number of amides is 1. The van der Waals surface area contributed by atoms with Crippen molar-refractivity contribution in [3.05, 3.63) is 81.4 Å². The number of carbonyl (C=O) groups excluding carboxylic acids is 1. The van der Waals surface area contributed by atoms with Crippen molar-refractivity contribution < 1.29 is 27.9 Å². The minimum absolute atomic E-state index is 0.0335. The maximum absolute atomic E-state index is 12.4. The van der Waals surface area contributed by atoms with Gasteiger partial charge in [0, 0.05) is 24.5 Å². The van der Waals surface area contributed by atoms with Gasteiger partial charge in [-0.3, -0.25) is 14.6 Å². The summed E-state index contributed by atoms with van der Waals surface area (Å²) in [7, 11) is 0. The number of nitrogens with zero attached hydrogens (tertiary/aromatic N) is 2. The summed E-state index contributed by atoms with van der Waals surface area (Å²) in [4.78, 5) is 37.2. The molecule has 0 unspecified atom stereocenters. The highest BCUT2D eigenvalue weighted by molar-refractivity contribution is 5.94. The van der Waals surface area contributed by atoms with Crippen LogP contribution in [0.15, 0.2) is 53.6 Å². The van der Waals surface area contributed by atoms with Crippen molar-refractivity contribution >= 4 is 11.9 Å². The highest BCUT2D eigenvalue weighted by Gasteiger charge is 2.38. The molecule has 0 bridgehead atoms. The van der Waals surface area contributed by atoms with Crippen molar-refractivity contribution in [1.82, 2.24) is 20.5 Å². The van der Waals surface area contributed by atoms with E-state index in [1.807, 2.05) is 26.0 Å². The lowest BCUT2D eigenvalue weighted by atomic mass is 10.1. The molecule has 3 rings (SSSR count). The molecule has 0 saturated heterocycles. The number of hydrogen-bond acceptors (Lipinski definition) is 5. The third kappa shape index (κ3) is 7.04. The molecule has 0 aliphatic rings. The van der Waals surface area contributed by atoms with Gasteiger partial charge in [0.05, 0.1) is 5.69 Å².